The number of imide groups is 1. The summed E-state index contributed by atoms with van der Waals surface area (Å²) >= 11 is 9.40. The molecular weight excluding hydrogens is 424 g/mol. The first-order chi connectivity index (χ1) is 12.4. The van der Waals surface area contributed by atoms with E-state index in [9.17, 15) is 14.7 Å². The second-order valence-electron chi connectivity index (χ2n) is 6.61. The van der Waals surface area contributed by atoms with Crippen molar-refractivity contribution in [3.63, 3.8) is 0 Å². The van der Waals surface area contributed by atoms with E-state index in [0.29, 0.717) is 16.6 Å². The van der Waals surface area contributed by atoms with Crippen LogP contribution in [0.5, 0.6) is 11.5 Å². The highest BCUT2D eigenvalue weighted by molar-refractivity contribution is 9.10. The van der Waals surface area contributed by atoms with Crippen LogP contribution in [0, 0.1) is 23.7 Å². The summed E-state index contributed by atoms with van der Waals surface area (Å²) in [5, 5.41) is 15.2. The molecule has 4 unspecified atom stereocenters. The molecule has 2 fully saturated rings. The Hall–Kier alpha value is -1.86. The summed E-state index contributed by atoms with van der Waals surface area (Å²) in [5.74, 6) is -0.773. The lowest BCUT2D eigenvalue weighted by Crippen LogP contribution is -2.28. The molecule has 1 N–H and O–H groups in total. The number of hydrazone groups is 1. The van der Waals surface area contributed by atoms with Gasteiger partial charge in [-0.15, -0.1) is 0 Å². The third kappa shape index (κ3) is 2.48. The Kier molecular flexibility index (Phi) is 4.31. The first-order valence-electron chi connectivity index (χ1n) is 8.38. The van der Waals surface area contributed by atoms with Crippen LogP contribution in [0.1, 0.15) is 18.9 Å². The van der Waals surface area contributed by atoms with Crippen molar-refractivity contribution >= 4 is 45.6 Å². The van der Waals surface area contributed by atoms with Gasteiger partial charge in [-0.1, -0.05) is 23.8 Å². The van der Waals surface area contributed by atoms with E-state index in [1.807, 2.05) is 12.2 Å². The van der Waals surface area contributed by atoms with Crippen molar-refractivity contribution in [1.29, 1.82) is 0 Å². The number of carbonyl (C=O) groups is 2. The smallest absolute Gasteiger partial charge is 0.254 e. The average molecular weight is 440 g/mol. The predicted molar refractivity (Wildman–Crippen MR) is 99.1 cm³/mol. The first kappa shape index (κ1) is 17.5. The minimum Gasteiger partial charge on any atom is -0.503 e. The summed E-state index contributed by atoms with van der Waals surface area (Å²) in [4.78, 5) is 25.3. The molecule has 0 radical (unpaired) electrons. The molecular formula is C18H16BrClN2O4. The molecule has 1 saturated carbocycles. The zero-order valence-corrected chi connectivity index (χ0v) is 16.2. The van der Waals surface area contributed by atoms with Crippen molar-refractivity contribution in [3.05, 3.63) is 33.3 Å². The standard InChI is InChI=1S/C18H16BrClN2O4/c1-2-26-11-6-10(14(19)15(20)16(11)23)7-21-22-17(24)12-8-3-4-9(5-8)13(12)18(22)25/h3-4,6-9,12-13,23H,2,5H2,1H3/b21-7+. The number of allylic oxidation sites excluding steroid dienone is 2. The molecule has 4 atom stereocenters. The van der Waals surface area contributed by atoms with E-state index in [-0.39, 0.29) is 52.0 Å². The van der Waals surface area contributed by atoms with Crippen LogP contribution >= 0.6 is 27.5 Å². The number of phenolic OH excluding ortho intramolecular Hbond substituents is 1. The number of halogens is 2. The quantitative estimate of drug-likeness (QED) is 0.443. The lowest BCUT2D eigenvalue weighted by Gasteiger charge is -2.13. The van der Waals surface area contributed by atoms with Crippen LogP contribution in [0.2, 0.25) is 5.02 Å². The first-order valence-corrected chi connectivity index (χ1v) is 9.55. The summed E-state index contributed by atoms with van der Waals surface area (Å²) < 4.78 is 5.76. The van der Waals surface area contributed by atoms with Crippen LogP contribution in [0.3, 0.4) is 0 Å². The molecule has 8 heteroatoms. The van der Waals surface area contributed by atoms with E-state index in [1.165, 1.54) is 6.21 Å². The number of ether oxygens (including phenoxy) is 1. The van der Waals surface area contributed by atoms with Crippen molar-refractivity contribution in [1.82, 2.24) is 5.01 Å². The Morgan fingerprint density at radius 3 is 2.54 bits per heavy atom. The number of hydrogen-bond donors (Lipinski definition) is 1. The van der Waals surface area contributed by atoms with Gasteiger partial charge in [0.1, 0.15) is 5.02 Å². The highest BCUT2D eigenvalue weighted by Crippen LogP contribution is 2.52. The van der Waals surface area contributed by atoms with Crippen molar-refractivity contribution < 1.29 is 19.4 Å². The predicted octanol–water partition coefficient (Wildman–Crippen LogP) is 3.35. The van der Waals surface area contributed by atoms with Crippen LogP contribution in [0.25, 0.3) is 0 Å². The molecule has 2 amide bonds. The third-order valence-corrected chi connectivity index (χ3v) is 6.68. The molecule has 0 spiro atoms. The van der Waals surface area contributed by atoms with Crippen LogP contribution in [0.4, 0.5) is 0 Å². The van der Waals surface area contributed by atoms with Crippen LogP contribution in [-0.4, -0.2) is 34.8 Å². The van der Waals surface area contributed by atoms with Gasteiger partial charge in [0.15, 0.2) is 11.5 Å². The number of carbonyl (C=O) groups excluding carboxylic acids is 2. The van der Waals surface area contributed by atoms with Gasteiger partial charge < -0.3 is 9.84 Å². The molecule has 0 aromatic heterocycles. The number of amides is 2. The van der Waals surface area contributed by atoms with Crippen LogP contribution in [0.15, 0.2) is 27.8 Å². The Balaban J connectivity index is 1.63. The Morgan fingerprint density at radius 2 is 1.96 bits per heavy atom. The summed E-state index contributed by atoms with van der Waals surface area (Å²) in [6.07, 6.45) is 6.33. The van der Waals surface area contributed by atoms with Gasteiger partial charge in [-0.05, 0) is 47.2 Å². The van der Waals surface area contributed by atoms with Gasteiger partial charge in [-0.3, -0.25) is 9.59 Å². The van der Waals surface area contributed by atoms with Crippen molar-refractivity contribution in [2.45, 2.75) is 13.3 Å². The fourth-order valence-electron chi connectivity index (χ4n) is 4.09. The van der Waals surface area contributed by atoms with Crippen molar-refractivity contribution in [3.8, 4) is 11.5 Å². The summed E-state index contributed by atoms with van der Waals surface area (Å²) in [6.45, 7) is 2.14. The van der Waals surface area contributed by atoms with E-state index in [4.69, 9.17) is 16.3 Å². The summed E-state index contributed by atoms with van der Waals surface area (Å²) in [5.41, 5.74) is 0.495. The van der Waals surface area contributed by atoms with Gasteiger partial charge in [0.25, 0.3) is 11.8 Å². The van der Waals surface area contributed by atoms with E-state index in [2.05, 4.69) is 21.0 Å². The highest BCUT2D eigenvalue weighted by atomic mass is 79.9. The zero-order valence-electron chi connectivity index (χ0n) is 13.9. The number of phenols is 1. The molecule has 1 aliphatic heterocycles. The van der Waals surface area contributed by atoms with Crippen LogP contribution < -0.4 is 4.74 Å². The van der Waals surface area contributed by atoms with E-state index < -0.39 is 0 Å². The maximum absolute atomic E-state index is 12.6. The largest absolute Gasteiger partial charge is 0.503 e. The van der Waals surface area contributed by atoms with Crippen molar-refractivity contribution in [2.24, 2.45) is 28.8 Å². The number of rotatable bonds is 4. The molecule has 2 aliphatic carbocycles. The second-order valence-corrected chi connectivity index (χ2v) is 7.78. The minimum absolute atomic E-state index is 0.0792. The molecule has 2 bridgehead atoms. The topological polar surface area (TPSA) is 79.2 Å². The lowest BCUT2D eigenvalue weighted by atomic mass is 9.85. The van der Waals surface area contributed by atoms with E-state index in [0.717, 1.165) is 11.4 Å². The highest BCUT2D eigenvalue weighted by Gasteiger charge is 2.59. The molecule has 1 aromatic rings. The van der Waals surface area contributed by atoms with Gasteiger partial charge in [-0.25, -0.2) is 0 Å². The molecule has 136 valence electrons. The Morgan fingerprint density at radius 1 is 1.35 bits per heavy atom. The number of benzene rings is 1. The number of nitrogens with zero attached hydrogens (tertiary/aromatic N) is 2. The molecule has 1 saturated heterocycles. The summed E-state index contributed by atoms with van der Waals surface area (Å²) in [7, 11) is 0. The zero-order chi connectivity index (χ0) is 18.6. The molecule has 1 heterocycles. The maximum atomic E-state index is 12.6. The van der Waals surface area contributed by atoms with Crippen LogP contribution in [-0.2, 0) is 9.59 Å². The van der Waals surface area contributed by atoms with Gasteiger partial charge in [0, 0.05) is 10.0 Å². The van der Waals surface area contributed by atoms with Gasteiger partial charge in [0.2, 0.25) is 0 Å². The normalized spacial score (nSPS) is 29.3. The fourth-order valence-corrected chi connectivity index (χ4v) is 4.70. The van der Waals surface area contributed by atoms with Crippen molar-refractivity contribution in [2.75, 3.05) is 6.61 Å². The molecule has 6 nitrogen and oxygen atoms in total. The summed E-state index contributed by atoms with van der Waals surface area (Å²) in [6, 6.07) is 1.55. The Labute approximate surface area is 163 Å². The maximum Gasteiger partial charge on any atom is 0.254 e. The molecule has 1 aromatic carbocycles. The fraction of sp³-hybridized carbons (Fsp3) is 0.389. The Bertz CT molecular complexity index is 839. The molecule has 26 heavy (non-hydrogen) atoms. The van der Waals surface area contributed by atoms with Gasteiger partial charge in [-0.2, -0.15) is 10.1 Å². The minimum atomic E-state index is -0.291. The number of hydrogen-bond acceptors (Lipinski definition) is 5. The van der Waals surface area contributed by atoms with E-state index >= 15 is 0 Å². The SMILES string of the molecule is CCOc1cc(/C=N/N2C(=O)C3C4C=CC(C4)C3C2=O)c(Br)c(Cl)c1O. The van der Waals surface area contributed by atoms with Gasteiger partial charge in [0.05, 0.1) is 24.7 Å². The van der Waals surface area contributed by atoms with Gasteiger partial charge >= 0.3 is 0 Å². The average Bonchev–Trinajstić information content (AvgIpc) is 3.30. The lowest BCUT2D eigenvalue weighted by molar-refractivity contribution is -0.140. The molecule has 3 aliphatic rings. The number of aromatic hydroxyl groups is 1. The monoisotopic (exact) mass is 438 g/mol. The second kappa shape index (κ2) is 6.39. The third-order valence-electron chi connectivity index (χ3n) is 5.23. The van der Waals surface area contributed by atoms with E-state index in [1.54, 1.807) is 13.0 Å². The molecule has 4 rings (SSSR count). The number of fused-ring (bicyclic) bond motifs is 5.